The van der Waals surface area contributed by atoms with Crippen LogP contribution in [0.4, 0.5) is 0 Å². The summed E-state index contributed by atoms with van der Waals surface area (Å²) < 4.78 is 5.26. The molecule has 0 saturated heterocycles. The lowest BCUT2D eigenvalue weighted by Gasteiger charge is -2.26. The van der Waals surface area contributed by atoms with Gasteiger partial charge in [0, 0.05) is 5.56 Å². The smallest absolute Gasteiger partial charge is 0.225 e. The number of hydrogen-bond acceptors (Lipinski definition) is 3. The second-order valence-electron chi connectivity index (χ2n) is 5.64. The Morgan fingerprint density at radius 3 is 2.57 bits per heavy atom. The number of ether oxygens (including phenoxy) is 1. The number of amides is 1. The number of rotatable bonds is 4. The minimum absolute atomic E-state index is 0.108. The second-order valence-corrected chi connectivity index (χ2v) is 5.64. The van der Waals surface area contributed by atoms with Crippen LogP contribution in [0.5, 0.6) is 5.75 Å². The Morgan fingerprint density at radius 1 is 1.29 bits per heavy atom. The van der Waals surface area contributed by atoms with E-state index in [-0.39, 0.29) is 12.3 Å². The van der Waals surface area contributed by atoms with Crippen LogP contribution in [0.25, 0.3) is 0 Å². The molecule has 1 aromatic carbocycles. The second kappa shape index (κ2) is 7.12. The van der Waals surface area contributed by atoms with Gasteiger partial charge in [0.05, 0.1) is 19.6 Å². The van der Waals surface area contributed by atoms with E-state index in [0.717, 1.165) is 44.1 Å². The van der Waals surface area contributed by atoms with Crippen molar-refractivity contribution in [2.75, 3.05) is 7.11 Å². The first kappa shape index (κ1) is 15.4. The molecule has 0 aliphatic heterocycles. The topological polar surface area (TPSA) is 62.1 Å². The van der Waals surface area contributed by atoms with Crippen molar-refractivity contribution in [3.05, 3.63) is 29.8 Å². The maximum absolute atomic E-state index is 12.3. The third-order valence-corrected chi connectivity index (χ3v) is 4.09. The fraction of sp³-hybridized carbons (Fsp3) is 0.529. The molecule has 0 atom stereocenters. The van der Waals surface area contributed by atoms with E-state index in [1.807, 2.05) is 24.3 Å². The van der Waals surface area contributed by atoms with E-state index in [1.54, 1.807) is 7.11 Å². The Kier molecular flexibility index (Phi) is 5.21. The molecule has 1 amide bonds. The number of carbonyl (C=O) groups excluding carboxylic acids is 1. The maximum Gasteiger partial charge on any atom is 0.225 e. The van der Waals surface area contributed by atoms with E-state index >= 15 is 0 Å². The highest BCUT2D eigenvalue weighted by Gasteiger charge is 2.32. The Balaban J connectivity index is 2.04. The zero-order valence-electron chi connectivity index (χ0n) is 12.5. The summed E-state index contributed by atoms with van der Waals surface area (Å²) in [4.78, 5) is 12.3. The third-order valence-electron chi connectivity index (χ3n) is 4.09. The minimum Gasteiger partial charge on any atom is -0.496 e. The first-order valence-electron chi connectivity index (χ1n) is 7.53. The van der Waals surface area contributed by atoms with Crippen LogP contribution in [0.15, 0.2) is 24.3 Å². The average Bonchev–Trinajstić information content (AvgIpc) is 2.74. The number of nitrogens with one attached hydrogen (secondary N) is 1. The molecular weight excluding hydrogens is 264 g/mol. The van der Waals surface area contributed by atoms with Crippen LogP contribution in [-0.2, 0) is 11.2 Å². The van der Waals surface area contributed by atoms with Gasteiger partial charge in [0.15, 0.2) is 0 Å². The first-order chi connectivity index (χ1) is 10.2. The lowest BCUT2D eigenvalue weighted by molar-refractivity contribution is -0.121. The van der Waals surface area contributed by atoms with Gasteiger partial charge in [-0.3, -0.25) is 4.79 Å². The van der Waals surface area contributed by atoms with Crippen molar-refractivity contribution in [3.63, 3.8) is 0 Å². The van der Waals surface area contributed by atoms with Crippen LogP contribution in [0, 0.1) is 11.3 Å². The SMILES string of the molecule is COc1ccccc1CC(=O)NC1(C#N)CCCCCC1. The van der Waals surface area contributed by atoms with E-state index in [2.05, 4.69) is 11.4 Å². The summed E-state index contributed by atoms with van der Waals surface area (Å²) in [7, 11) is 1.60. The number of methoxy groups -OCH3 is 1. The van der Waals surface area contributed by atoms with Crippen LogP contribution in [0.1, 0.15) is 44.1 Å². The van der Waals surface area contributed by atoms with Gasteiger partial charge in [-0.15, -0.1) is 0 Å². The molecule has 0 radical (unpaired) electrons. The Bertz CT molecular complexity index is 526. The summed E-state index contributed by atoms with van der Waals surface area (Å²) in [6.07, 6.45) is 6.04. The van der Waals surface area contributed by atoms with Gasteiger partial charge in [0.1, 0.15) is 11.3 Å². The molecule has 1 aliphatic rings. The molecule has 1 N–H and O–H groups in total. The molecule has 0 heterocycles. The van der Waals surface area contributed by atoms with Gasteiger partial charge in [-0.25, -0.2) is 0 Å². The van der Waals surface area contributed by atoms with E-state index in [9.17, 15) is 10.1 Å². The molecule has 112 valence electrons. The molecule has 1 aromatic rings. The number of carbonyl (C=O) groups is 1. The number of nitriles is 1. The zero-order chi connectivity index (χ0) is 15.1. The van der Waals surface area contributed by atoms with Crippen molar-refractivity contribution in [3.8, 4) is 11.8 Å². The van der Waals surface area contributed by atoms with Gasteiger partial charge in [0.25, 0.3) is 0 Å². The lowest BCUT2D eigenvalue weighted by Crippen LogP contribution is -2.47. The number of hydrogen-bond donors (Lipinski definition) is 1. The van der Waals surface area contributed by atoms with Crippen molar-refractivity contribution in [2.24, 2.45) is 0 Å². The molecule has 21 heavy (non-hydrogen) atoms. The highest BCUT2D eigenvalue weighted by atomic mass is 16.5. The fourth-order valence-electron chi connectivity index (χ4n) is 2.93. The molecule has 0 unspecified atom stereocenters. The number of nitrogens with zero attached hydrogens (tertiary/aromatic N) is 1. The monoisotopic (exact) mass is 286 g/mol. The number of para-hydroxylation sites is 1. The Morgan fingerprint density at radius 2 is 1.95 bits per heavy atom. The summed E-state index contributed by atoms with van der Waals surface area (Å²) in [6, 6.07) is 9.82. The fourth-order valence-corrected chi connectivity index (χ4v) is 2.93. The summed E-state index contributed by atoms with van der Waals surface area (Å²) >= 11 is 0. The molecule has 4 heteroatoms. The van der Waals surface area contributed by atoms with Gasteiger partial charge >= 0.3 is 0 Å². The molecular formula is C17H22N2O2. The molecule has 0 bridgehead atoms. The maximum atomic E-state index is 12.3. The normalized spacial score (nSPS) is 17.3. The average molecular weight is 286 g/mol. The van der Waals surface area contributed by atoms with E-state index in [1.165, 1.54) is 0 Å². The molecule has 0 spiro atoms. The van der Waals surface area contributed by atoms with E-state index in [4.69, 9.17) is 4.74 Å². The van der Waals surface area contributed by atoms with Gasteiger partial charge in [-0.1, -0.05) is 43.9 Å². The van der Waals surface area contributed by atoms with Crippen molar-refractivity contribution >= 4 is 5.91 Å². The van der Waals surface area contributed by atoms with Crippen LogP contribution in [0.2, 0.25) is 0 Å². The summed E-state index contributed by atoms with van der Waals surface area (Å²) in [5.41, 5.74) is 0.162. The predicted octanol–water partition coefficient (Wildman–Crippen LogP) is 2.97. The zero-order valence-corrected chi connectivity index (χ0v) is 12.5. The molecule has 1 saturated carbocycles. The Labute approximate surface area is 126 Å². The van der Waals surface area contributed by atoms with E-state index in [0.29, 0.717) is 5.75 Å². The molecule has 2 rings (SSSR count). The summed E-state index contributed by atoms with van der Waals surface area (Å²) in [5, 5.41) is 12.5. The van der Waals surface area contributed by atoms with Crippen molar-refractivity contribution in [1.29, 1.82) is 5.26 Å². The summed E-state index contributed by atoms with van der Waals surface area (Å²) in [6.45, 7) is 0. The van der Waals surface area contributed by atoms with Crippen LogP contribution < -0.4 is 10.1 Å². The highest BCUT2D eigenvalue weighted by Crippen LogP contribution is 2.27. The largest absolute Gasteiger partial charge is 0.496 e. The third kappa shape index (κ3) is 3.98. The van der Waals surface area contributed by atoms with Gasteiger partial charge in [-0.2, -0.15) is 5.26 Å². The standard InChI is InChI=1S/C17H22N2O2/c1-21-15-9-5-4-8-14(15)12-16(20)19-17(13-18)10-6-2-3-7-11-17/h4-5,8-9H,2-3,6-7,10-12H2,1H3,(H,19,20). The van der Waals surface area contributed by atoms with Crippen molar-refractivity contribution < 1.29 is 9.53 Å². The summed E-state index contributed by atoms with van der Waals surface area (Å²) in [5.74, 6) is 0.600. The molecule has 0 aromatic heterocycles. The van der Waals surface area contributed by atoms with Crippen LogP contribution >= 0.6 is 0 Å². The van der Waals surface area contributed by atoms with Crippen LogP contribution in [-0.4, -0.2) is 18.6 Å². The highest BCUT2D eigenvalue weighted by molar-refractivity contribution is 5.80. The van der Waals surface area contributed by atoms with E-state index < -0.39 is 5.54 Å². The van der Waals surface area contributed by atoms with Crippen molar-refractivity contribution in [2.45, 2.75) is 50.5 Å². The molecule has 1 fully saturated rings. The predicted molar refractivity (Wildman–Crippen MR) is 80.9 cm³/mol. The quantitative estimate of drug-likeness (QED) is 0.866. The first-order valence-corrected chi connectivity index (χ1v) is 7.53. The van der Waals surface area contributed by atoms with Gasteiger partial charge in [-0.05, 0) is 18.9 Å². The Hall–Kier alpha value is -2.02. The van der Waals surface area contributed by atoms with Crippen LogP contribution in [0.3, 0.4) is 0 Å². The van der Waals surface area contributed by atoms with Gasteiger partial charge < -0.3 is 10.1 Å². The molecule has 4 nitrogen and oxygen atoms in total. The van der Waals surface area contributed by atoms with Gasteiger partial charge in [0.2, 0.25) is 5.91 Å². The minimum atomic E-state index is -0.685. The molecule has 1 aliphatic carbocycles. The lowest BCUT2D eigenvalue weighted by atomic mass is 9.91. The number of benzene rings is 1. The van der Waals surface area contributed by atoms with Crippen molar-refractivity contribution in [1.82, 2.24) is 5.32 Å².